The first-order chi connectivity index (χ1) is 9.76. The van der Waals surface area contributed by atoms with Gasteiger partial charge in [-0.3, -0.25) is 4.79 Å². The summed E-state index contributed by atoms with van der Waals surface area (Å²) in [7, 11) is 3.14. The van der Waals surface area contributed by atoms with E-state index < -0.39 is 0 Å². The molecule has 0 saturated heterocycles. The number of carbonyl (C=O) groups is 1. The lowest BCUT2D eigenvalue weighted by Gasteiger charge is -2.10. The minimum atomic E-state index is 0.299. The maximum absolute atomic E-state index is 10.7. The van der Waals surface area contributed by atoms with E-state index in [1.54, 1.807) is 19.2 Å². The molecule has 1 heterocycles. The van der Waals surface area contributed by atoms with E-state index in [9.17, 15) is 4.79 Å². The minimum absolute atomic E-state index is 0.299. The van der Waals surface area contributed by atoms with Gasteiger partial charge in [0.15, 0.2) is 12.0 Å². The van der Waals surface area contributed by atoms with Gasteiger partial charge >= 0.3 is 0 Å². The van der Waals surface area contributed by atoms with Crippen molar-refractivity contribution in [2.45, 2.75) is 6.61 Å². The molecule has 0 aliphatic rings. The molecule has 0 spiro atoms. The number of ether oxygens (including phenoxy) is 3. The van der Waals surface area contributed by atoms with Crippen molar-refractivity contribution in [1.82, 2.24) is 4.98 Å². The molecule has 5 nitrogen and oxygen atoms in total. The average Bonchev–Trinajstić information content (AvgIpc) is 2.53. The predicted molar refractivity (Wildman–Crippen MR) is 73.5 cm³/mol. The molecule has 0 N–H and O–H groups in total. The molecule has 0 bridgehead atoms. The van der Waals surface area contributed by atoms with Crippen LogP contribution in [-0.4, -0.2) is 25.5 Å². The number of carbonyl (C=O) groups excluding carboxylic acids is 1. The summed E-state index contributed by atoms with van der Waals surface area (Å²) in [5.74, 6) is 1.57. The Bertz CT molecular complexity index is 581. The third kappa shape index (κ3) is 3.26. The van der Waals surface area contributed by atoms with Crippen molar-refractivity contribution in [2.24, 2.45) is 0 Å². The van der Waals surface area contributed by atoms with E-state index >= 15 is 0 Å². The fraction of sp³-hybridized carbons (Fsp3) is 0.200. The number of pyridine rings is 1. The van der Waals surface area contributed by atoms with Crippen LogP contribution >= 0.6 is 0 Å². The molecule has 104 valence electrons. The fourth-order valence-corrected chi connectivity index (χ4v) is 1.64. The Kier molecular flexibility index (Phi) is 4.55. The van der Waals surface area contributed by atoms with Crippen molar-refractivity contribution in [3.05, 3.63) is 47.7 Å². The molecule has 0 saturated carbocycles. The molecule has 0 radical (unpaired) electrons. The summed E-state index contributed by atoms with van der Waals surface area (Å²) in [4.78, 5) is 14.8. The van der Waals surface area contributed by atoms with Crippen molar-refractivity contribution in [1.29, 1.82) is 0 Å². The van der Waals surface area contributed by atoms with Crippen LogP contribution in [0.15, 0.2) is 36.4 Å². The summed E-state index contributed by atoms with van der Waals surface area (Å²) in [6.07, 6.45) is 0.666. The zero-order valence-corrected chi connectivity index (χ0v) is 11.3. The number of methoxy groups -OCH3 is 2. The Labute approximate surface area is 117 Å². The standard InChI is InChI=1S/C15H15NO4/c1-18-13-6-3-11(4-7-13)10-20-15-14(19-2)8-5-12(9-17)16-15/h3-9H,10H2,1-2H3. The van der Waals surface area contributed by atoms with Crippen LogP contribution in [0.25, 0.3) is 0 Å². The first kappa shape index (κ1) is 13.9. The molecule has 2 rings (SSSR count). The number of hydrogen-bond acceptors (Lipinski definition) is 5. The Morgan fingerprint density at radius 3 is 2.40 bits per heavy atom. The highest BCUT2D eigenvalue weighted by Gasteiger charge is 2.08. The lowest BCUT2D eigenvalue weighted by Crippen LogP contribution is -2.01. The van der Waals surface area contributed by atoms with Crippen LogP contribution in [0.4, 0.5) is 0 Å². The van der Waals surface area contributed by atoms with Gasteiger partial charge in [-0.2, -0.15) is 0 Å². The van der Waals surface area contributed by atoms with E-state index in [0.29, 0.717) is 30.2 Å². The first-order valence-corrected chi connectivity index (χ1v) is 6.02. The molecule has 1 aromatic carbocycles. The summed E-state index contributed by atoms with van der Waals surface area (Å²) in [5, 5.41) is 0. The number of aromatic nitrogens is 1. The Balaban J connectivity index is 2.10. The third-order valence-corrected chi connectivity index (χ3v) is 2.72. The fourth-order valence-electron chi connectivity index (χ4n) is 1.64. The van der Waals surface area contributed by atoms with E-state index in [4.69, 9.17) is 14.2 Å². The number of hydrogen-bond donors (Lipinski definition) is 0. The van der Waals surface area contributed by atoms with E-state index in [2.05, 4.69) is 4.98 Å². The Hall–Kier alpha value is -2.56. The number of nitrogens with zero attached hydrogens (tertiary/aromatic N) is 1. The SMILES string of the molecule is COc1ccc(COc2nc(C=O)ccc2OC)cc1. The second-order valence-electron chi connectivity index (χ2n) is 4.00. The highest BCUT2D eigenvalue weighted by atomic mass is 16.5. The van der Waals surface area contributed by atoms with Gasteiger partial charge in [0.2, 0.25) is 0 Å². The van der Waals surface area contributed by atoms with Gasteiger partial charge in [0.25, 0.3) is 5.88 Å². The quantitative estimate of drug-likeness (QED) is 0.757. The van der Waals surface area contributed by atoms with Crippen LogP contribution in [0.3, 0.4) is 0 Å². The molecule has 0 atom stereocenters. The van der Waals surface area contributed by atoms with Crippen molar-refractivity contribution >= 4 is 6.29 Å². The van der Waals surface area contributed by atoms with Crippen molar-refractivity contribution < 1.29 is 19.0 Å². The zero-order valence-electron chi connectivity index (χ0n) is 11.3. The minimum Gasteiger partial charge on any atom is -0.497 e. The molecular weight excluding hydrogens is 258 g/mol. The van der Waals surface area contributed by atoms with Crippen molar-refractivity contribution in [3.63, 3.8) is 0 Å². The second-order valence-corrected chi connectivity index (χ2v) is 4.00. The topological polar surface area (TPSA) is 57.7 Å². The van der Waals surface area contributed by atoms with Crippen LogP contribution in [0, 0.1) is 0 Å². The van der Waals surface area contributed by atoms with Gasteiger partial charge in [-0.15, -0.1) is 0 Å². The molecule has 1 aromatic heterocycles. The Morgan fingerprint density at radius 1 is 1.05 bits per heavy atom. The molecule has 2 aromatic rings. The van der Waals surface area contributed by atoms with Gasteiger partial charge in [-0.25, -0.2) is 4.98 Å². The monoisotopic (exact) mass is 273 g/mol. The van der Waals surface area contributed by atoms with Crippen molar-refractivity contribution in [3.8, 4) is 17.4 Å². The summed E-state index contributed by atoms with van der Waals surface area (Å²) in [6, 6.07) is 10.7. The van der Waals surface area contributed by atoms with Gasteiger partial charge in [0, 0.05) is 0 Å². The molecule has 5 heteroatoms. The summed E-state index contributed by atoms with van der Waals surface area (Å²) in [5.41, 5.74) is 1.27. The summed E-state index contributed by atoms with van der Waals surface area (Å²) in [6.45, 7) is 0.329. The molecule has 0 aliphatic heterocycles. The maximum atomic E-state index is 10.7. The third-order valence-electron chi connectivity index (χ3n) is 2.72. The van der Waals surface area contributed by atoms with Gasteiger partial charge in [-0.05, 0) is 29.8 Å². The molecule has 0 unspecified atom stereocenters. The van der Waals surface area contributed by atoms with Crippen LogP contribution in [0.1, 0.15) is 16.1 Å². The molecule has 0 aliphatic carbocycles. The molecule has 0 amide bonds. The highest BCUT2D eigenvalue weighted by molar-refractivity contribution is 5.72. The molecule has 20 heavy (non-hydrogen) atoms. The molecule has 0 fully saturated rings. The summed E-state index contributed by atoms with van der Waals surface area (Å²) < 4.78 is 15.8. The largest absolute Gasteiger partial charge is 0.497 e. The van der Waals surface area contributed by atoms with E-state index in [1.807, 2.05) is 24.3 Å². The summed E-state index contributed by atoms with van der Waals surface area (Å²) >= 11 is 0. The molecular formula is C15H15NO4. The normalized spacial score (nSPS) is 9.90. The predicted octanol–water partition coefficient (Wildman–Crippen LogP) is 2.49. The van der Waals surface area contributed by atoms with Crippen LogP contribution in [-0.2, 0) is 6.61 Å². The van der Waals surface area contributed by atoms with E-state index in [-0.39, 0.29) is 0 Å². The Morgan fingerprint density at radius 2 is 1.80 bits per heavy atom. The first-order valence-electron chi connectivity index (χ1n) is 6.02. The lowest BCUT2D eigenvalue weighted by atomic mass is 10.2. The lowest BCUT2D eigenvalue weighted by molar-refractivity contribution is 0.111. The zero-order chi connectivity index (χ0) is 14.4. The van der Waals surface area contributed by atoms with Crippen molar-refractivity contribution in [2.75, 3.05) is 14.2 Å². The van der Waals surface area contributed by atoms with Crippen LogP contribution < -0.4 is 14.2 Å². The van der Waals surface area contributed by atoms with Crippen LogP contribution in [0.5, 0.6) is 17.4 Å². The van der Waals surface area contributed by atoms with Crippen LogP contribution in [0.2, 0.25) is 0 Å². The van der Waals surface area contributed by atoms with Gasteiger partial charge < -0.3 is 14.2 Å². The number of rotatable bonds is 6. The van der Waals surface area contributed by atoms with Gasteiger partial charge in [0.05, 0.1) is 14.2 Å². The second kappa shape index (κ2) is 6.56. The smallest absolute Gasteiger partial charge is 0.258 e. The number of benzene rings is 1. The van der Waals surface area contributed by atoms with Gasteiger partial charge in [-0.1, -0.05) is 12.1 Å². The van der Waals surface area contributed by atoms with E-state index in [0.717, 1.165) is 11.3 Å². The maximum Gasteiger partial charge on any atom is 0.258 e. The average molecular weight is 273 g/mol. The van der Waals surface area contributed by atoms with E-state index in [1.165, 1.54) is 7.11 Å². The highest BCUT2D eigenvalue weighted by Crippen LogP contribution is 2.25. The van der Waals surface area contributed by atoms with Gasteiger partial charge in [0.1, 0.15) is 18.1 Å². The number of aldehydes is 1.